The minimum absolute atomic E-state index is 0.311. The SMILES string of the molecule is C[Si](C)(C)Oc1ccc([C@@H](N)CC(F)F)cc1. The average molecular weight is 259 g/mol. The maximum Gasteiger partial charge on any atom is 0.242 e. The van der Waals surface area contributed by atoms with E-state index in [9.17, 15) is 8.78 Å². The van der Waals surface area contributed by atoms with Crippen LogP contribution >= 0.6 is 0 Å². The van der Waals surface area contributed by atoms with Gasteiger partial charge in [0.05, 0.1) is 0 Å². The minimum Gasteiger partial charge on any atom is -0.544 e. The molecular weight excluding hydrogens is 240 g/mol. The summed E-state index contributed by atoms with van der Waals surface area (Å²) in [6.45, 7) is 6.26. The van der Waals surface area contributed by atoms with Crippen LogP contribution in [0.3, 0.4) is 0 Å². The maximum absolute atomic E-state index is 12.2. The van der Waals surface area contributed by atoms with Crippen LogP contribution in [0.15, 0.2) is 24.3 Å². The summed E-state index contributed by atoms with van der Waals surface area (Å²) in [5.74, 6) is 0.775. The van der Waals surface area contributed by atoms with Gasteiger partial charge in [0, 0.05) is 12.5 Å². The molecule has 17 heavy (non-hydrogen) atoms. The standard InChI is InChI=1S/C12H19F2NOSi/c1-17(2,3)16-10-6-4-9(5-7-10)11(15)8-12(13)14/h4-7,11-12H,8,15H2,1-3H3/t11-/m0/s1. The van der Waals surface area contributed by atoms with Crippen LogP contribution in [0.4, 0.5) is 8.78 Å². The van der Waals surface area contributed by atoms with Gasteiger partial charge in [-0.1, -0.05) is 12.1 Å². The number of benzene rings is 1. The van der Waals surface area contributed by atoms with Gasteiger partial charge in [-0.05, 0) is 37.3 Å². The van der Waals surface area contributed by atoms with Crippen molar-refractivity contribution in [1.82, 2.24) is 0 Å². The molecule has 0 unspecified atom stereocenters. The van der Waals surface area contributed by atoms with Gasteiger partial charge in [0.25, 0.3) is 0 Å². The van der Waals surface area contributed by atoms with Crippen molar-refractivity contribution in [2.75, 3.05) is 0 Å². The number of halogens is 2. The molecule has 0 spiro atoms. The molecular formula is C12H19F2NOSi. The molecule has 0 saturated heterocycles. The molecule has 5 heteroatoms. The Balaban J connectivity index is 2.67. The van der Waals surface area contributed by atoms with E-state index >= 15 is 0 Å². The number of alkyl halides is 2. The lowest BCUT2D eigenvalue weighted by atomic mass is 10.1. The third kappa shape index (κ3) is 5.28. The van der Waals surface area contributed by atoms with Crippen molar-refractivity contribution in [3.8, 4) is 5.75 Å². The summed E-state index contributed by atoms with van der Waals surface area (Å²) in [6.07, 6.45) is -2.68. The van der Waals surface area contributed by atoms with E-state index in [1.165, 1.54) is 0 Å². The fourth-order valence-corrected chi connectivity index (χ4v) is 2.31. The normalized spacial score (nSPS) is 13.8. The molecule has 0 bridgehead atoms. The van der Waals surface area contributed by atoms with Crippen LogP contribution in [-0.2, 0) is 0 Å². The van der Waals surface area contributed by atoms with Gasteiger partial charge < -0.3 is 10.2 Å². The molecule has 96 valence electrons. The van der Waals surface area contributed by atoms with Crippen LogP contribution in [0.5, 0.6) is 5.75 Å². The Morgan fingerprint density at radius 1 is 1.18 bits per heavy atom. The van der Waals surface area contributed by atoms with Crippen molar-refractivity contribution in [1.29, 1.82) is 0 Å². The quantitative estimate of drug-likeness (QED) is 0.821. The minimum atomic E-state index is -2.37. The highest BCUT2D eigenvalue weighted by atomic mass is 28.4. The van der Waals surface area contributed by atoms with E-state index in [0.29, 0.717) is 5.56 Å². The van der Waals surface area contributed by atoms with Crippen LogP contribution in [0.2, 0.25) is 19.6 Å². The van der Waals surface area contributed by atoms with E-state index in [1.54, 1.807) is 24.3 Å². The Morgan fingerprint density at radius 3 is 2.12 bits per heavy atom. The first kappa shape index (κ1) is 14.1. The Kier molecular flexibility index (Phi) is 4.65. The molecule has 0 radical (unpaired) electrons. The van der Waals surface area contributed by atoms with Crippen LogP contribution in [0, 0.1) is 0 Å². The van der Waals surface area contributed by atoms with Crippen LogP contribution in [-0.4, -0.2) is 14.7 Å². The number of rotatable bonds is 5. The van der Waals surface area contributed by atoms with Gasteiger partial charge in [-0.25, -0.2) is 8.78 Å². The van der Waals surface area contributed by atoms with Crippen molar-refractivity contribution in [3.05, 3.63) is 29.8 Å². The molecule has 1 aromatic carbocycles. The lowest BCUT2D eigenvalue weighted by molar-refractivity contribution is 0.128. The summed E-state index contributed by atoms with van der Waals surface area (Å²) >= 11 is 0. The Morgan fingerprint density at radius 2 is 1.71 bits per heavy atom. The predicted octanol–water partition coefficient (Wildman–Crippen LogP) is 3.56. The predicted molar refractivity (Wildman–Crippen MR) is 68.0 cm³/mol. The van der Waals surface area contributed by atoms with Gasteiger partial charge in [0.2, 0.25) is 14.7 Å². The first-order chi connectivity index (χ1) is 7.78. The highest BCUT2D eigenvalue weighted by Gasteiger charge is 2.17. The second-order valence-corrected chi connectivity index (χ2v) is 9.45. The van der Waals surface area contributed by atoms with Crippen LogP contribution < -0.4 is 10.2 Å². The number of hydrogen-bond acceptors (Lipinski definition) is 2. The number of hydrogen-bond donors (Lipinski definition) is 1. The molecule has 0 aromatic heterocycles. The molecule has 2 N–H and O–H groups in total. The second-order valence-electron chi connectivity index (χ2n) is 5.02. The molecule has 0 amide bonds. The van der Waals surface area contributed by atoms with Gasteiger partial charge in [0.15, 0.2) is 0 Å². The third-order valence-electron chi connectivity index (χ3n) is 2.16. The van der Waals surface area contributed by atoms with Crippen LogP contribution in [0.25, 0.3) is 0 Å². The first-order valence-electron chi connectivity index (χ1n) is 5.60. The van der Waals surface area contributed by atoms with Crippen molar-refractivity contribution in [2.24, 2.45) is 5.73 Å². The lowest BCUT2D eigenvalue weighted by Gasteiger charge is -2.19. The summed E-state index contributed by atoms with van der Waals surface area (Å²) < 4.78 is 30.1. The van der Waals surface area contributed by atoms with E-state index < -0.39 is 20.8 Å². The maximum atomic E-state index is 12.2. The molecule has 0 aliphatic rings. The van der Waals surface area contributed by atoms with E-state index in [1.807, 2.05) is 0 Å². The number of nitrogens with two attached hydrogens (primary N) is 1. The Bertz CT molecular complexity index is 349. The molecule has 1 aromatic rings. The van der Waals surface area contributed by atoms with Crippen molar-refractivity contribution in [2.45, 2.75) is 38.5 Å². The molecule has 0 aliphatic heterocycles. The Labute approximate surface area is 102 Å². The molecule has 0 heterocycles. The van der Waals surface area contributed by atoms with Crippen molar-refractivity contribution < 1.29 is 13.2 Å². The highest BCUT2D eigenvalue weighted by molar-refractivity contribution is 6.70. The molecule has 0 aliphatic carbocycles. The van der Waals surface area contributed by atoms with Gasteiger partial charge in [0.1, 0.15) is 5.75 Å². The van der Waals surface area contributed by atoms with Gasteiger partial charge in [-0.2, -0.15) is 0 Å². The van der Waals surface area contributed by atoms with Gasteiger partial charge in [-0.3, -0.25) is 0 Å². The zero-order chi connectivity index (χ0) is 13.1. The van der Waals surface area contributed by atoms with Crippen molar-refractivity contribution in [3.63, 3.8) is 0 Å². The lowest BCUT2D eigenvalue weighted by Crippen LogP contribution is -2.29. The Hall–Kier alpha value is -0.943. The monoisotopic (exact) mass is 259 g/mol. The zero-order valence-corrected chi connectivity index (χ0v) is 11.4. The van der Waals surface area contributed by atoms with E-state index in [0.717, 1.165) is 5.75 Å². The van der Waals surface area contributed by atoms with Crippen molar-refractivity contribution >= 4 is 8.32 Å². The largest absolute Gasteiger partial charge is 0.544 e. The summed E-state index contributed by atoms with van der Waals surface area (Å²) in [5, 5.41) is 0. The fourth-order valence-electron chi connectivity index (χ4n) is 1.46. The van der Waals surface area contributed by atoms with Gasteiger partial charge in [-0.15, -0.1) is 0 Å². The topological polar surface area (TPSA) is 35.2 Å². The summed E-state index contributed by atoms with van der Waals surface area (Å²) in [6, 6.07) is 6.47. The first-order valence-corrected chi connectivity index (χ1v) is 9.01. The highest BCUT2D eigenvalue weighted by Crippen LogP contribution is 2.22. The van der Waals surface area contributed by atoms with E-state index in [4.69, 9.17) is 10.2 Å². The zero-order valence-electron chi connectivity index (χ0n) is 10.4. The smallest absolute Gasteiger partial charge is 0.242 e. The van der Waals surface area contributed by atoms with E-state index in [2.05, 4.69) is 19.6 Å². The molecule has 0 saturated carbocycles. The van der Waals surface area contributed by atoms with Crippen LogP contribution in [0.1, 0.15) is 18.0 Å². The molecule has 1 atom stereocenters. The third-order valence-corrected chi connectivity index (χ3v) is 3.01. The summed E-state index contributed by atoms with van der Waals surface area (Å²) in [5.41, 5.74) is 6.38. The average Bonchev–Trinajstić information content (AvgIpc) is 2.15. The fraction of sp³-hybridized carbons (Fsp3) is 0.500. The summed E-state index contributed by atoms with van der Waals surface area (Å²) in [4.78, 5) is 0. The molecule has 0 fully saturated rings. The molecule has 1 rings (SSSR count). The molecule has 2 nitrogen and oxygen atoms in total. The summed E-state index contributed by atoms with van der Waals surface area (Å²) in [7, 11) is -1.62. The van der Waals surface area contributed by atoms with E-state index in [-0.39, 0.29) is 6.42 Å². The second kappa shape index (κ2) is 5.60. The van der Waals surface area contributed by atoms with Gasteiger partial charge >= 0.3 is 0 Å².